The molecule has 1 aliphatic rings. The first-order valence-electron chi connectivity index (χ1n) is 13.3. The third kappa shape index (κ3) is 5.61. The van der Waals surface area contributed by atoms with Crippen LogP contribution in [0.3, 0.4) is 0 Å². The highest BCUT2D eigenvalue weighted by atomic mass is 32.2. The average molecular weight is 549 g/mol. The van der Waals surface area contributed by atoms with Gasteiger partial charge < -0.3 is 5.32 Å². The van der Waals surface area contributed by atoms with Gasteiger partial charge in [0, 0.05) is 41.5 Å². The van der Waals surface area contributed by atoms with Gasteiger partial charge in [-0.25, -0.2) is 22.8 Å². The van der Waals surface area contributed by atoms with Crippen LogP contribution in [0.15, 0.2) is 47.5 Å². The molecular formula is C29H36N6O3S. The number of pyridine rings is 1. The normalized spacial score (nSPS) is 16.0. The van der Waals surface area contributed by atoms with Crippen LogP contribution in [0.1, 0.15) is 63.9 Å². The monoisotopic (exact) mass is 548 g/mol. The fourth-order valence-electron chi connectivity index (χ4n) is 5.34. The Bertz CT molecular complexity index is 1710. The highest BCUT2D eigenvalue weighted by Crippen LogP contribution is 2.30. The predicted octanol–water partition coefficient (Wildman–Crippen LogP) is 4.75. The largest absolute Gasteiger partial charge is 0.324 e. The number of aromatic nitrogens is 5. The molecule has 9 nitrogen and oxygen atoms in total. The molecule has 0 amide bonds. The van der Waals surface area contributed by atoms with Crippen molar-refractivity contribution in [2.75, 3.05) is 17.3 Å². The van der Waals surface area contributed by atoms with Crippen molar-refractivity contribution in [1.82, 2.24) is 24.3 Å². The van der Waals surface area contributed by atoms with E-state index in [0.29, 0.717) is 17.0 Å². The molecule has 0 radical (unpaired) electrons. The number of benzene rings is 1. The molecule has 0 saturated heterocycles. The molecule has 0 bridgehead atoms. The summed E-state index contributed by atoms with van der Waals surface area (Å²) < 4.78 is 27.1. The predicted molar refractivity (Wildman–Crippen MR) is 155 cm³/mol. The van der Waals surface area contributed by atoms with Crippen LogP contribution in [0.25, 0.3) is 16.7 Å². The van der Waals surface area contributed by atoms with E-state index in [-0.39, 0.29) is 28.7 Å². The highest BCUT2D eigenvalue weighted by molar-refractivity contribution is 7.90. The molecule has 0 aliphatic heterocycles. The Hall–Kier alpha value is -3.53. The van der Waals surface area contributed by atoms with Crippen LogP contribution in [0, 0.1) is 5.92 Å². The lowest BCUT2D eigenvalue weighted by Crippen LogP contribution is -2.24. The van der Waals surface area contributed by atoms with Crippen LogP contribution in [-0.4, -0.2) is 44.7 Å². The summed E-state index contributed by atoms with van der Waals surface area (Å²) in [6.07, 6.45) is 7.11. The molecule has 0 spiro atoms. The van der Waals surface area contributed by atoms with Gasteiger partial charge in [0.1, 0.15) is 15.2 Å². The molecule has 10 heteroatoms. The van der Waals surface area contributed by atoms with Gasteiger partial charge in [-0.05, 0) is 74.4 Å². The average Bonchev–Trinajstić information content (AvgIpc) is 3.14. The number of sulfone groups is 1. The molecule has 39 heavy (non-hydrogen) atoms. The Morgan fingerprint density at radius 2 is 1.87 bits per heavy atom. The number of hydrogen-bond acceptors (Lipinski definition) is 7. The molecule has 1 unspecified atom stereocenters. The fourth-order valence-corrected chi connectivity index (χ4v) is 6.48. The molecule has 5 rings (SSSR count). The first kappa shape index (κ1) is 27.1. The summed E-state index contributed by atoms with van der Waals surface area (Å²) >= 11 is 0. The summed E-state index contributed by atoms with van der Waals surface area (Å²) in [6, 6.07) is 9.92. The third-order valence-electron chi connectivity index (χ3n) is 7.20. The number of fused-ring (bicyclic) bond motifs is 2. The standard InChI is InChI=1S/C29H36N6O3S/c1-18(2)34-27(36)24-16-31-28(33-26(24)35(34)23-11-12-30-25(15-23)29(3,4)5)32-22-10-9-20-13-19(17-39(6,37)38)7-8-21(20)14-22/h9-12,14-16,18-19H,7-8,13,17H2,1-6H3,(H,31,32,33). The zero-order valence-electron chi connectivity index (χ0n) is 23.4. The molecule has 3 heterocycles. The van der Waals surface area contributed by atoms with Crippen LogP contribution >= 0.6 is 0 Å². The molecule has 1 aliphatic carbocycles. The minimum absolute atomic E-state index is 0.0958. The molecule has 0 fully saturated rings. The van der Waals surface area contributed by atoms with E-state index in [4.69, 9.17) is 4.98 Å². The molecule has 0 saturated carbocycles. The van der Waals surface area contributed by atoms with Gasteiger partial charge in [0.05, 0.1) is 11.4 Å². The second-order valence-electron chi connectivity index (χ2n) is 11.9. The highest BCUT2D eigenvalue weighted by Gasteiger charge is 2.24. The van der Waals surface area contributed by atoms with E-state index in [0.717, 1.165) is 36.3 Å². The van der Waals surface area contributed by atoms with Crippen LogP contribution in [-0.2, 0) is 28.1 Å². The van der Waals surface area contributed by atoms with E-state index in [1.54, 1.807) is 17.1 Å². The number of nitrogens with zero attached hydrogens (tertiary/aromatic N) is 5. The minimum Gasteiger partial charge on any atom is -0.324 e. The van der Waals surface area contributed by atoms with E-state index < -0.39 is 9.84 Å². The Morgan fingerprint density at radius 1 is 1.10 bits per heavy atom. The number of hydrogen-bond donors (Lipinski definition) is 1. The molecule has 206 valence electrons. The topological polar surface area (TPSA) is 112 Å². The van der Waals surface area contributed by atoms with Gasteiger partial charge in [0.25, 0.3) is 5.56 Å². The molecule has 1 atom stereocenters. The van der Waals surface area contributed by atoms with Crippen molar-refractivity contribution in [1.29, 1.82) is 0 Å². The van der Waals surface area contributed by atoms with E-state index in [1.165, 1.54) is 17.4 Å². The van der Waals surface area contributed by atoms with Gasteiger partial charge in [0.2, 0.25) is 5.95 Å². The van der Waals surface area contributed by atoms with E-state index in [9.17, 15) is 13.2 Å². The lowest BCUT2D eigenvalue weighted by molar-refractivity contribution is 0.474. The van der Waals surface area contributed by atoms with Crippen molar-refractivity contribution >= 4 is 32.5 Å². The summed E-state index contributed by atoms with van der Waals surface area (Å²) in [7, 11) is -2.99. The molecular weight excluding hydrogens is 512 g/mol. The Kier molecular flexibility index (Phi) is 6.86. The number of rotatable bonds is 6. The van der Waals surface area contributed by atoms with Gasteiger partial charge in [-0.15, -0.1) is 0 Å². The number of aryl methyl sites for hydroxylation is 1. The van der Waals surface area contributed by atoms with Crippen molar-refractivity contribution in [3.05, 3.63) is 69.9 Å². The maximum atomic E-state index is 13.4. The van der Waals surface area contributed by atoms with Crippen molar-refractivity contribution < 1.29 is 8.42 Å². The van der Waals surface area contributed by atoms with Crippen molar-refractivity contribution in [3.8, 4) is 5.69 Å². The van der Waals surface area contributed by atoms with Crippen LogP contribution in [0.5, 0.6) is 0 Å². The van der Waals surface area contributed by atoms with Crippen LogP contribution < -0.4 is 10.9 Å². The Labute approximate surface area is 229 Å². The van der Waals surface area contributed by atoms with Crippen molar-refractivity contribution in [3.63, 3.8) is 0 Å². The zero-order chi connectivity index (χ0) is 28.1. The lowest BCUT2D eigenvalue weighted by Gasteiger charge is -2.24. The quantitative estimate of drug-likeness (QED) is 0.370. The van der Waals surface area contributed by atoms with E-state index >= 15 is 0 Å². The van der Waals surface area contributed by atoms with Crippen LogP contribution in [0.4, 0.5) is 11.6 Å². The van der Waals surface area contributed by atoms with Gasteiger partial charge in [-0.3, -0.25) is 9.78 Å². The second kappa shape index (κ2) is 9.89. The molecule has 3 aromatic heterocycles. The summed E-state index contributed by atoms with van der Waals surface area (Å²) in [5.74, 6) is 0.783. The number of anilines is 2. The maximum Gasteiger partial charge on any atom is 0.278 e. The van der Waals surface area contributed by atoms with Gasteiger partial charge >= 0.3 is 0 Å². The number of nitrogens with one attached hydrogen (secondary N) is 1. The van der Waals surface area contributed by atoms with Crippen molar-refractivity contribution in [2.24, 2.45) is 5.92 Å². The zero-order valence-corrected chi connectivity index (χ0v) is 24.2. The van der Waals surface area contributed by atoms with Gasteiger partial charge in [-0.2, -0.15) is 4.98 Å². The smallest absolute Gasteiger partial charge is 0.278 e. The SMILES string of the molecule is CC(C)n1c(=O)c2cnc(Nc3ccc4c(c3)CCC(CS(C)(=O)=O)C4)nc2n1-c1ccnc(C(C)(C)C)c1. The van der Waals surface area contributed by atoms with E-state index in [1.807, 2.05) is 36.7 Å². The second-order valence-corrected chi connectivity index (χ2v) is 14.1. The molecule has 1 N–H and O–H groups in total. The third-order valence-corrected chi connectivity index (χ3v) is 8.28. The first-order valence-corrected chi connectivity index (χ1v) is 15.4. The van der Waals surface area contributed by atoms with Crippen molar-refractivity contribution in [2.45, 2.75) is 65.3 Å². The van der Waals surface area contributed by atoms with Gasteiger partial charge in [0.15, 0.2) is 5.65 Å². The first-order chi connectivity index (χ1) is 18.3. The summed E-state index contributed by atoms with van der Waals surface area (Å²) in [5.41, 5.74) is 5.22. The Balaban J connectivity index is 1.51. The fraction of sp³-hybridized carbons (Fsp3) is 0.448. The molecule has 4 aromatic rings. The van der Waals surface area contributed by atoms with E-state index in [2.05, 4.69) is 48.2 Å². The molecule has 1 aromatic carbocycles. The lowest BCUT2D eigenvalue weighted by atomic mass is 9.85. The van der Waals surface area contributed by atoms with Gasteiger partial charge in [-0.1, -0.05) is 26.8 Å². The Morgan fingerprint density at radius 3 is 2.56 bits per heavy atom. The summed E-state index contributed by atoms with van der Waals surface area (Å²) in [6.45, 7) is 10.3. The van der Waals surface area contributed by atoms with Crippen LogP contribution in [0.2, 0.25) is 0 Å². The minimum atomic E-state index is -2.99. The maximum absolute atomic E-state index is 13.4. The summed E-state index contributed by atoms with van der Waals surface area (Å²) in [5, 5.41) is 3.76. The summed E-state index contributed by atoms with van der Waals surface area (Å²) in [4.78, 5) is 27.2.